The van der Waals surface area contributed by atoms with Gasteiger partial charge in [0.25, 0.3) is 11.8 Å². The third-order valence-electron chi connectivity index (χ3n) is 3.17. The SMILES string of the molecule is CCOC(=O)NC(=O)c1cc(F)sc1NC(=O)c1cnc2ccnn2c1. The summed E-state index contributed by atoms with van der Waals surface area (Å²) in [5, 5.41) is 7.61. The lowest BCUT2D eigenvalue weighted by Crippen LogP contribution is -2.31. The number of rotatable bonds is 4. The highest BCUT2D eigenvalue weighted by Crippen LogP contribution is 2.27. The molecule has 134 valence electrons. The lowest BCUT2D eigenvalue weighted by Gasteiger charge is -2.07. The first-order chi connectivity index (χ1) is 12.5. The maximum Gasteiger partial charge on any atom is 0.414 e. The van der Waals surface area contributed by atoms with Crippen molar-refractivity contribution < 1.29 is 23.5 Å². The maximum absolute atomic E-state index is 13.6. The van der Waals surface area contributed by atoms with Crippen molar-refractivity contribution in [2.45, 2.75) is 6.92 Å². The summed E-state index contributed by atoms with van der Waals surface area (Å²) in [5.41, 5.74) is 0.520. The summed E-state index contributed by atoms with van der Waals surface area (Å²) in [6, 6.07) is 2.58. The van der Waals surface area contributed by atoms with E-state index in [4.69, 9.17) is 0 Å². The van der Waals surface area contributed by atoms with Gasteiger partial charge in [0.05, 0.1) is 23.9 Å². The van der Waals surface area contributed by atoms with Crippen molar-refractivity contribution in [3.05, 3.63) is 47.0 Å². The van der Waals surface area contributed by atoms with Gasteiger partial charge >= 0.3 is 6.09 Å². The molecule has 26 heavy (non-hydrogen) atoms. The normalized spacial score (nSPS) is 10.5. The van der Waals surface area contributed by atoms with Gasteiger partial charge < -0.3 is 10.1 Å². The lowest BCUT2D eigenvalue weighted by molar-refractivity contribution is 0.0926. The zero-order chi connectivity index (χ0) is 18.7. The van der Waals surface area contributed by atoms with E-state index in [-0.39, 0.29) is 22.7 Å². The Labute approximate surface area is 149 Å². The largest absolute Gasteiger partial charge is 0.450 e. The van der Waals surface area contributed by atoms with E-state index in [0.29, 0.717) is 17.0 Å². The fraction of sp³-hybridized carbons (Fsp3) is 0.133. The van der Waals surface area contributed by atoms with Gasteiger partial charge in [0.15, 0.2) is 10.8 Å². The molecule has 0 bridgehead atoms. The van der Waals surface area contributed by atoms with Gasteiger partial charge in [-0.1, -0.05) is 11.3 Å². The van der Waals surface area contributed by atoms with E-state index in [0.717, 1.165) is 6.07 Å². The molecule has 0 aliphatic heterocycles. The summed E-state index contributed by atoms with van der Waals surface area (Å²) in [6.45, 7) is 1.65. The maximum atomic E-state index is 13.6. The molecule has 0 radical (unpaired) electrons. The van der Waals surface area contributed by atoms with E-state index < -0.39 is 23.0 Å². The number of fused-ring (bicyclic) bond motifs is 1. The molecule has 0 unspecified atom stereocenters. The zero-order valence-corrected chi connectivity index (χ0v) is 14.2. The molecule has 0 saturated carbocycles. The fourth-order valence-electron chi connectivity index (χ4n) is 2.05. The van der Waals surface area contributed by atoms with Gasteiger partial charge in [-0.15, -0.1) is 0 Å². The predicted molar refractivity (Wildman–Crippen MR) is 89.7 cm³/mol. The zero-order valence-electron chi connectivity index (χ0n) is 13.4. The highest BCUT2D eigenvalue weighted by molar-refractivity contribution is 7.15. The van der Waals surface area contributed by atoms with Crippen LogP contribution < -0.4 is 10.6 Å². The Morgan fingerprint density at radius 2 is 2.15 bits per heavy atom. The highest BCUT2D eigenvalue weighted by Gasteiger charge is 2.21. The van der Waals surface area contributed by atoms with Gasteiger partial charge in [-0.05, 0) is 6.92 Å². The molecule has 9 nitrogen and oxygen atoms in total. The van der Waals surface area contributed by atoms with Crippen LogP contribution in [0.3, 0.4) is 0 Å². The topological polar surface area (TPSA) is 115 Å². The number of hydrogen-bond donors (Lipinski definition) is 2. The Hall–Kier alpha value is -3.34. The molecular formula is C15H12FN5O4S. The van der Waals surface area contributed by atoms with Crippen LogP contribution >= 0.6 is 11.3 Å². The number of aromatic nitrogens is 3. The molecule has 3 heterocycles. The Kier molecular flexibility index (Phi) is 4.89. The van der Waals surface area contributed by atoms with Crippen molar-refractivity contribution in [2.24, 2.45) is 0 Å². The summed E-state index contributed by atoms with van der Waals surface area (Å²) >= 11 is 0.557. The molecule has 0 aromatic carbocycles. The number of nitrogens with one attached hydrogen (secondary N) is 2. The average Bonchev–Trinajstić information content (AvgIpc) is 3.20. The van der Waals surface area contributed by atoms with Crippen molar-refractivity contribution in [1.29, 1.82) is 0 Å². The fourth-order valence-corrected chi connectivity index (χ4v) is 2.83. The van der Waals surface area contributed by atoms with E-state index >= 15 is 0 Å². The van der Waals surface area contributed by atoms with E-state index in [2.05, 4.69) is 20.1 Å². The van der Waals surface area contributed by atoms with Crippen LogP contribution in [0.5, 0.6) is 0 Å². The van der Waals surface area contributed by atoms with Crippen LogP contribution in [0, 0.1) is 5.13 Å². The Bertz CT molecular complexity index is 999. The van der Waals surface area contributed by atoms with Crippen LogP contribution in [0.4, 0.5) is 14.2 Å². The molecule has 0 aliphatic rings. The minimum Gasteiger partial charge on any atom is -0.450 e. The van der Waals surface area contributed by atoms with Crippen molar-refractivity contribution in [3.63, 3.8) is 0 Å². The monoisotopic (exact) mass is 377 g/mol. The molecule has 0 atom stereocenters. The Morgan fingerprint density at radius 1 is 1.35 bits per heavy atom. The number of nitrogens with zero attached hydrogens (tertiary/aromatic N) is 3. The Morgan fingerprint density at radius 3 is 2.92 bits per heavy atom. The molecule has 0 aliphatic carbocycles. The van der Waals surface area contributed by atoms with Crippen molar-refractivity contribution >= 4 is 39.9 Å². The van der Waals surface area contributed by atoms with Crippen LogP contribution in [0.2, 0.25) is 0 Å². The van der Waals surface area contributed by atoms with Crippen LogP contribution in [0.1, 0.15) is 27.6 Å². The number of carbonyl (C=O) groups is 3. The van der Waals surface area contributed by atoms with Gasteiger partial charge in [-0.25, -0.2) is 14.3 Å². The van der Waals surface area contributed by atoms with E-state index in [1.165, 1.54) is 23.1 Å². The number of hydrogen-bond acceptors (Lipinski definition) is 7. The molecule has 11 heteroatoms. The average molecular weight is 377 g/mol. The summed E-state index contributed by atoms with van der Waals surface area (Å²) < 4.78 is 19.6. The number of carbonyl (C=O) groups excluding carboxylic acids is 3. The van der Waals surface area contributed by atoms with Crippen molar-refractivity contribution in [1.82, 2.24) is 19.9 Å². The molecule has 0 saturated heterocycles. The van der Waals surface area contributed by atoms with Crippen molar-refractivity contribution in [3.8, 4) is 0 Å². The number of ether oxygens (including phenoxy) is 1. The molecule has 3 amide bonds. The standard InChI is InChI=1S/C15H12FN5O4S/c1-2-25-15(24)20-13(23)9-5-10(16)26-14(9)19-12(22)8-6-17-11-3-4-18-21(11)7-8/h3-7H,2H2,1H3,(H,19,22)(H,20,23,24). The van der Waals surface area contributed by atoms with Crippen LogP contribution in [0.25, 0.3) is 5.65 Å². The van der Waals surface area contributed by atoms with Gasteiger partial charge in [0, 0.05) is 24.5 Å². The van der Waals surface area contributed by atoms with Crippen LogP contribution in [-0.4, -0.2) is 39.1 Å². The van der Waals surface area contributed by atoms with Gasteiger partial charge in [0.1, 0.15) is 5.00 Å². The second-order valence-corrected chi connectivity index (χ2v) is 5.90. The van der Waals surface area contributed by atoms with Gasteiger partial charge in [-0.3, -0.25) is 14.9 Å². The lowest BCUT2D eigenvalue weighted by atomic mass is 10.2. The highest BCUT2D eigenvalue weighted by atomic mass is 32.1. The molecule has 0 spiro atoms. The number of halogens is 1. The number of alkyl carbamates (subject to hydrolysis) is 1. The third kappa shape index (κ3) is 3.67. The summed E-state index contributed by atoms with van der Waals surface area (Å²) in [6.07, 6.45) is 3.33. The molecule has 0 fully saturated rings. The minimum atomic E-state index is -0.963. The number of thiophene rings is 1. The van der Waals surface area contributed by atoms with Crippen LogP contribution in [0.15, 0.2) is 30.7 Å². The third-order valence-corrected chi connectivity index (χ3v) is 4.01. The molecule has 3 aromatic heterocycles. The van der Waals surface area contributed by atoms with E-state index in [1.54, 1.807) is 13.0 Å². The van der Waals surface area contributed by atoms with Gasteiger partial charge in [0.2, 0.25) is 0 Å². The van der Waals surface area contributed by atoms with Crippen molar-refractivity contribution in [2.75, 3.05) is 11.9 Å². The van der Waals surface area contributed by atoms with E-state index in [9.17, 15) is 18.8 Å². The summed E-state index contributed by atoms with van der Waals surface area (Å²) in [7, 11) is 0. The first-order valence-corrected chi connectivity index (χ1v) is 8.17. The number of amides is 3. The molecule has 3 rings (SSSR count). The minimum absolute atomic E-state index is 0.0464. The van der Waals surface area contributed by atoms with E-state index in [1.807, 2.05) is 5.32 Å². The smallest absolute Gasteiger partial charge is 0.414 e. The molecular weight excluding hydrogens is 365 g/mol. The number of imide groups is 1. The second kappa shape index (κ2) is 7.27. The second-order valence-electron chi connectivity index (χ2n) is 4.90. The predicted octanol–water partition coefficient (Wildman–Crippen LogP) is 2.07. The molecule has 2 N–H and O–H groups in total. The molecule has 3 aromatic rings. The first-order valence-electron chi connectivity index (χ1n) is 7.36. The van der Waals surface area contributed by atoms with Gasteiger partial charge in [-0.2, -0.15) is 9.49 Å². The quantitative estimate of drug-likeness (QED) is 0.719. The van der Waals surface area contributed by atoms with Crippen LogP contribution in [-0.2, 0) is 4.74 Å². The summed E-state index contributed by atoms with van der Waals surface area (Å²) in [4.78, 5) is 39.8. The summed E-state index contributed by atoms with van der Waals surface area (Å²) in [5.74, 6) is -1.50. The number of anilines is 1. The first kappa shape index (κ1) is 17.5. The Balaban J connectivity index is 1.79.